The van der Waals surface area contributed by atoms with E-state index in [-0.39, 0.29) is 11.4 Å². The molecule has 21 heavy (non-hydrogen) atoms. The Morgan fingerprint density at radius 2 is 1.71 bits per heavy atom. The van der Waals surface area contributed by atoms with Crippen LogP contribution in [0, 0.1) is 11.3 Å². The number of nitriles is 1. The summed E-state index contributed by atoms with van der Waals surface area (Å²) in [6.45, 7) is 0. The zero-order chi connectivity index (χ0) is 15.6. The molecule has 3 nitrogen and oxygen atoms in total. The van der Waals surface area contributed by atoms with Crippen molar-refractivity contribution >= 4 is 34.7 Å². The van der Waals surface area contributed by atoms with Crippen LogP contribution in [-0.4, -0.2) is 4.98 Å². The molecule has 0 fully saturated rings. The van der Waals surface area contributed by atoms with Gasteiger partial charge in [-0.2, -0.15) is 18.4 Å². The Morgan fingerprint density at radius 3 is 2.24 bits per heavy atom. The Morgan fingerprint density at radius 1 is 1.10 bits per heavy atom. The van der Waals surface area contributed by atoms with Crippen LogP contribution >= 0.6 is 23.2 Å². The molecule has 2 rings (SSSR count). The molecule has 0 unspecified atom stereocenters. The smallest absolute Gasteiger partial charge is 0.339 e. The van der Waals surface area contributed by atoms with Crippen LogP contribution in [0.15, 0.2) is 30.3 Å². The molecular formula is C13H6Cl2F3N3. The Kier molecular flexibility index (Phi) is 4.26. The maximum Gasteiger partial charge on any atom is 0.433 e. The second-order valence-corrected chi connectivity index (χ2v) is 4.86. The monoisotopic (exact) mass is 331 g/mol. The summed E-state index contributed by atoms with van der Waals surface area (Å²) in [6, 6.07) is 7.94. The van der Waals surface area contributed by atoms with Crippen LogP contribution in [0.1, 0.15) is 11.3 Å². The first kappa shape index (κ1) is 15.4. The lowest BCUT2D eigenvalue weighted by Crippen LogP contribution is -2.10. The maximum atomic E-state index is 12.7. The number of benzene rings is 1. The molecule has 1 N–H and O–H groups in total. The summed E-state index contributed by atoms with van der Waals surface area (Å²) in [7, 11) is 0. The third kappa shape index (κ3) is 3.78. The highest BCUT2D eigenvalue weighted by Crippen LogP contribution is 2.31. The van der Waals surface area contributed by atoms with Crippen molar-refractivity contribution in [1.82, 2.24) is 4.98 Å². The summed E-state index contributed by atoms with van der Waals surface area (Å²) in [5.74, 6) is -0.217. The van der Waals surface area contributed by atoms with Crippen LogP contribution in [0.25, 0.3) is 0 Å². The van der Waals surface area contributed by atoms with Gasteiger partial charge in [-0.05, 0) is 30.3 Å². The average molecular weight is 332 g/mol. The fraction of sp³-hybridized carbons (Fsp3) is 0.0769. The quantitative estimate of drug-likeness (QED) is 0.840. The molecule has 0 amide bonds. The number of alkyl halides is 3. The number of anilines is 2. The lowest BCUT2D eigenvalue weighted by molar-refractivity contribution is -0.141. The molecule has 8 heteroatoms. The van der Waals surface area contributed by atoms with Crippen molar-refractivity contribution in [2.24, 2.45) is 0 Å². The fourth-order valence-electron chi connectivity index (χ4n) is 1.57. The van der Waals surface area contributed by atoms with Crippen LogP contribution in [0.3, 0.4) is 0 Å². The van der Waals surface area contributed by atoms with Gasteiger partial charge in [-0.1, -0.05) is 23.2 Å². The van der Waals surface area contributed by atoms with Crippen molar-refractivity contribution in [2.75, 3.05) is 5.32 Å². The fourth-order valence-corrected chi connectivity index (χ4v) is 2.09. The second kappa shape index (κ2) is 5.80. The van der Waals surface area contributed by atoms with E-state index < -0.39 is 11.9 Å². The summed E-state index contributed by atoms with van der Waals surface area (Å²) in [6.07, 6.45) is -4.60. The van der Waals surface area contributed by atoms with Gasteiger partial charge in [0.15, 0.2) is 0 Å². The van der Waals surface area contributed by atoms with Gasteiger partial charge in [0.25, 0.3) is 0 Å². The molecule has 0 saturated heterocycles. The first-order valence-electron chi connectivity index (χ1n) is 5.51. The molecule has 0 saturated carbocycles. The number of rotatable bonds is 2. The second-order valence-electron chi connectivity index (χ2n) is 3.99. The molecule has 2 aromatic rings. The molecule has 1 heterocycles. The van der Waals surface area contributed by atoms with Crippen LogP contribution < -0.4 is 5.32 Å². The highest BCUT2D eigenvalue weighted by Gasteiger charge is 2.33. The van der Waals surface area contributed by atoms with Gasteiger partial charge in [-0.25, -0.2) is 4.98 Å². The first-order chi connectivity index (χ1) is 9.79. The number of nitrogens with one attached hydrogen (secondary N) is 1. The third-order valence-corrected chi connectivity index (χ3v) is 2.87. The molecular weight excluding hydrogens is 326 g/mol. The van der Waals surface area contributed by atoms with E-state index in [9.17, 15) is 13.2 Å². The molecule has 0 bridgehead atoms. The Balaban J connectivity index is 2.45. The minimum Gasteiger partial charge on any atom is -0.339 e. The van der Waals surface area contributed by atoms with Crippen molar-refractivity contribution in [3.8, 4) is 6.07 Å². The van der Waals surface area contributed by atoms with Gasteiger partial charge in [-0.3, -0.25) is 0 Å². The van der Waals surface area contributed by atoms with Gasteiger partial charge in [0, 0.05) is 15.7 Å². The first-order valence-corrected chi connectivity index (χ1v) is 6.26. The number of hydrogen-bond acceptors (Lipinski definition) is 3. The minimum absolute atomic E-state index is 0.0286. The number of hydrogen-bond donors (Lipinski definition) is 1. The van der Waals surface area contributed by atoms with E-state index >= 15 is 0 Å². The molecule has 0 aliphatic heterocycles. The topological polar surface area (TPSA) is 48.7 Å². The zero-order valence-electron chi connectivity index (χ0n) is 10.2. The highest BCUT2D eigenvalue weighted by atomic mass is 35.5. The van der Waals surface area contributed by atoms with E-state index in [1.807, 2.05) is 0 Å². The van der Waals surface area contributed by atoms with Crippen molar-refractivity contribution in [1.29, 1.82) is 5.26 Å². The van der Waals surface area contributed by atoms with Gasteiger partial charge in [0.2, 0.25) is 0 Å². The van der Waals surface area contributed by atoms with E-state index in [0.29, 0.717) is 15.7 Å². The minimum atomic E-state index is -4.60. The lowest BCUT2D eigenvalue weighted by atomic mass is 10.2. The third-order valence-electron chi connectivity index (χ3n) is 2.43. The molecule has 0 spiro atoms. The normalized spacial score (nSPS) is 11.0. The lowest BCUT2D eigenvalue weighted by Gasteiger charge is -2.11. The molecule has 0 aliphatic rings. The Bertz CT molecular complexity index is 703. The summed E-state index contributed by atoms with van der Waals surface area (Å²) < 4.78 is 38.0. The van der Waals surface area contributed by atoms with Crippen molar-refractivity contribution in [3.63, 3.8) is 0 Å². The van der Waals surface area contributed by atoms with Gasteiger partial charge in [-0.15, -0.1) is 0 Å². The summed E-state index contributed by atoms with van der Waals surface area (Å²) in [5.41, 5.74) is -0.799. The zero-order valence-corrected chi connectivity index (χ0v) is 11.7. The summed E-state index contributed by atoms with van der Waals surface area (Å²) in [4.78, 5) is 3.42. The van der Waals surface area contributed by atoms with Gasteiger partial charge in [0.1, 0.15) is 17.6 Å². The van der Waals surface area contributed by atoms with Crippen LogP contribution in [0.4, 0.5) is 24.7 Å². The molecule has 108 valence electrons. The number of nitrogens with zero attached hydrogens (tertiary/aromatic N) is 2. The van der Waals surface area contributed by atoms with E-state index in [4.69, 9.17) is 28.5 Å². The van der Waals surface area contributed by atoms with Crippen LogP contribution in [0.5, 0.6) is 0 Å². The van der Waals surface area contributed by atoms with Gasteiger partial charge in [0.05, 0.1) is 5.56 Å². The maximum absolute atomic E-state index is 12.7. The molecule has 1 aromatic carbocycles. The SMILES string of the molecule is N#Cc1ccc(C(F)(F)F)nc1Nc1cc(Cl)cc(Cl)c1. The van der Waals surface area contributed by atoms with Crippen molar-refractivity contribution in [2.45, 2.75) is 6.18 Å². The molecule has 1 aromatic heterocycles. The highest BCUT2D eigenvalue weighted by molar-refractivity contribution is 6.35. The van der Waals surface area contributed by atoms with Crippen LogP contribution in [0.2, 0.25) is 10.0 Å². The molecule has 0 radical (unpaired) electrons. The Labute approximate surface area is 127 Å². The van der Waals surface area contributed by atoms with Crippen molar-refractivity contribution in [3.05, 3.63) is 51.6 Å². The van der Waals surface area contributed by atoms with E-state index in [1.165, 1.54) is 18.2 Å². The number of aromatic nitrogens is 1. The van der Waals surface area contributed by atoms with E-state index in [2.05, 4.69) is 10.3 Å². The number of halogens is 5. The van der Waals surface area contributed by atoms with Crippen molar-refractivity contribution < 1.29 is 13.2 Å². The largest absolute Gasteiger partial charge is 0.433 e. The molecule has 0 aliphatic carbocycles. The average Bonchev–Trinajstić information content (AvgIpc) is 2.36. The predicted molar refractivity (Wildman–Crippen MR) is 73.7 cm³/mol. The standard InChI is InChI=1S/C13H6Cl2F3N3/c14-8-3-9(15)5-10(4-8)20-12-7(6-19)1-2-11(21-12)13(16,17)18/h1-5H,(H,20,21). The Hall–Kier alpha value is -1.97. The van der Waals surface area contributed by atoms with Gasteiger partial charge < -0.3 is 5.32 Å². The predicted octanol–water partition coefficient (Wildman–Crippen LogP) is 5.02. The molecule has 0 atom stereocenters. The van der Waals surface area contributed by atoms with E-state index in [0.717, 1.165) is 12.1 Å². The van der Waals surface area contributed by atoms with E-state index in [1.54, 1.807) is 6.07 Å². The summed E-state index contributed by atoms with van der Waals surface area (Å²) >= 11 is 11.6. The van der Waals surface area contributed by atoms with Crippen LogP contribution in [-0.2, 0) is 6.18 Å². The van der Waals surface area contributed by atoms with Gasteiger partial charge >= 0.3 is 6.18 Å². The number of pyridine rings is 1. The summed E-state index contributed by atoms with van der Waals surface area (Å²) in [5, 5.41) is 12.2.